The Hall–Kier alpha value is -2.57. The molecule has 0 saturated heterocycles. The van der Waals surface area contributed by atoms with Crippen molar-refractivity contribution < 1.29 is 18.8 Å². The second-order valence-corrected chi connectivity index (χ2v) is 12.0. The van der Waals surface area contributed by atoms with Gasteiger partial charge in [0.05, 0.1) is 16.5 Å². The van der Waals surface area contributed by atoms with Crippen LogP contribution in [0.25, 0.3) is 0 Å². The van der Waals surface area contributed by atoms with Crippen LogP contribution >= 0.6 is 22.9 Å². The number of para-hydroxylation sites is 1. The van der Waals surface area contributed by atoms with Gasteiger partial charge in [0.25, 0.3) is 5.91 Å². The van der Waals surface area contributed by atoms with E-state index in [9.17, 15) is 4.79 Å². The highest BCUT2D eigenvalue weighted by molar-refractivity contribution is 7.09. The van der Waals surface area contributed by atoms with Gasteiger partial charge >= 0.3 is 0 Å². The summed E-state index contributed by atoms with van der Waals surface area (Å²) in [6.45, 7) is 5.57. The molecule has 0 bridgehead atoms. The molecule has 0 unspecified atom stereocenters. The molecule has 5 nitrogen and oxygen atoms in total. The SMILES string of the molecule is CCCCCCCCCCCCCCOc1c(Cl)cccc1OCC(=O)Nc1cccc(C[n+]2csc(C)c2)c1. The van der Waals surface area contributed by atoms with Gasteiger partial charge in [-0.2, -0.15) is 4.57 Å². The van der Waals surface area contributed by atoms with Crippen LogP contribution in [0.2, 0.25) is 5.02 Å². The van der Waals surface area contributed by atoms with Crippen molar-refractivity contribution in [1.82, 2.24) is 0 Å². The van der Waals surface area contributed by atoms with Crippen LogP contribution in [0.3, 0.4) is 0 Å². The molecule has 0 aliphatic rings. The molecule has 0 saturated carbocycles. The standard InChI is InChI=1S/C33H45ClN2O3S/c1-3-4-5-6-7-8-9-10-11-12-13-14-21-38-33-30(34)19-16-20-31(33)39-25-32(37)35-29-18-15-17-28(22-29)24-36-23-27(2)40-26-36/h15-20,22-23,26H,3-14,21,24-25H2,1-2H3/p+1. The number of hydrogen-bond donors (Lipinski definition) is 1. The molecule has 3 rings (SSSR count). The Bertz CT molecular complexity index is 1150. The van der Waals surface area contributed by atoms with Crippen molar-refractivity contribution in [3.8, 4) is 11.5 Å². The summed E-state index contributed by atoms with van der Waals surface area (Å²) in [5.41, 5.74) is 3.95. The molecular weight excluding hydrogens is 540 g/mol. The first-order valence-electron chi connectivity index (χ1n) is 14.9. The lowest BCUT2D eigenvalue weighted by Crippen LogP contribution is -2.30. The highest BCUT2D eigenvalue weighted by Crippen LogP contribution is 2.35. The van der Waals surface area contributed by atoms with Gasteiger partial charge in [0, 0.05) is 11.3 Å². The first-order chi connectivity index (χ1) is 19.5. The summed E-state index contributed by atoms with van der Waals surface area (Å²) >= 11 is 8.12. The Morgan fingerprint density at radius 1 is 0.900 bits per heavy atom. The summed E-state index contributed by atoms with van der Waals surface area (Å²) in [4.78, 5) is 13.9. The van der Waals surface area contributed by atoms with E-state index in [1.54, 1.807) is 29.5 Å². The summed E-state index contributed by atoms with van der Waals surface area (Å²) in [5, 5.41) is 3.42. The zero-order chi connectivity index (χ0) is 28.4. The molecule has 0 spiro atoms. The number of aryl methyl sites for hydroxylation is 1. The molecule has 40 heavy (non-hydrogen) atoms. The number of benzene rings is 2. The van der Waals surface area contributed by atoms with Crippen LogP contribution in [0, 0.1) is 6.92 Å². The topological polar surface area (TPSA) is 51.4 Å². The van der Waals surface area contributed by atoms with E-state index in [-0.39, 0.29) is 12.5 Å². The zero-order valence-corrected chi connectivity index (χ0v) is 25.8. The quantitative estimate of drug-likeness (QED) is 0.106. The maximum absolute atomic E-state index is 12.6. The van der Waals surface area contributed by atoms with Crippen LogP contribution < -0.4 is 19.4 Å². The molecule has 0 aliphatic heterocycles. The Balaban J connectivity index is 1.34. The molecule has 1 amide bonds. The van der Waals surface area contributed by atoms with Crippen LogP contribution in [0.5, 0.6) is 11.5 Å². The summed E-state index contributed by atoms with van der Waals surface area (Å²) in [7, 11) is 0. The zero-order valence-electron chi connectivity index (χ0n) is 24.3. The van der Waals surface area contributed by atoms with Gasteiger partial charge < -0.3 is 14.8 Å². The molecule has 1 heterocycles. The second kappa shape index (κ2) is 18.7. The second-order valence-electron chi connectivity index (χ2n) is 10.5. The van der Waals surface area contributed by atoms with Crippen molar-refractivity contribution in [1.29, 1.82) is 0 Å². The average molecular weight is 586 g/mol. The predicted octanol–water partition coefficient (Wildman–Crippen LogP) is 9.14. The van der Waals surface area contributed by atoms with Crippen molar-refractivity contribution in [3.05, 3.63) is 69.6 Å². The Morgan fingerprint density at radius 2 is 1.57 bits per heavy atom. The maximum Gasteiger partial charge on any atom is 0.262 e. The van der Waals surface area contributed by atoms with Gasteiger partial charge in [-0.1, -0.05) is 119 Å². The minimum Gasteiger partial charge on any atom is -0.488 e. The van der Waals surface area contributed by atoms with Gasteiger partial charge in [-0.3, -0.25) is 4.79 Å². The molecular formula is C33H46ClN2O3S+. The maximum atomic E-state index is 12.6. The highest BCUT2D eigenvalue weighted by atomic mass is 35.5. The Morgan fingerprint density at radius 3 is 2.25 bits per heavy atom. The smallest absolute Gasteiger partial charge is 0.262 e. The fourth-order valence-electron chi connectivity index (χ4n) is 4.69. The van der Waals surface area contributed by atoms with E-state index in [0.29, 0.717) is 23.1 Å². The van der Waals surface area contributed by atoms with E-state index in [1.165, 1.54) is 69.1 Å². The number of halogens is 1. The number of carbonyl (C=O) groups is 1. The summed E-state index contributed by atoms with van der Waals surface area (Å²) in [5.74, 6) is 0.757. The molecule has 2 aromatic carbocycles. The van der Waals surface area contributed by atoms with E-state index in [1.807, 2.05) is 18.2 Å². The number of aromatic nitrogens is 1. The van der Waals surface area contributed by atoms with Crippen molar-refractivity contribution in [2.24, 2.45) is 0 Å². The van der Waals surface area contributed by atoms with Crippen LogP contribution in [0.15, 0.2) is 54.2 Å². The number of unbranched alkanes of at least 4 members (excludes halogenated alkanes) is 11. The van der Waals surface area contributed by atoms with E-state index in [2.05, 4.69) is 41.5 Å². The first-order valence-corrected chi connectivity index (χ1v) is 16.2. The fraction of sp³-hybridized carbons (Fsp3) is 0.515. The highest BCUT2D eigenvalue weighted by Gasteiger charge is 2.13. The van der Waals surface area contributed by atoms with E-state index >= 15 is 0 Å². The molecule has 0 atom stereocenters. The van der Waals surface area contributed by atoms with E-state index < -0.39 is 0 Å². The number of amides is 1. The third kappa shape index (κ3) is 12.3. The number of thiazole rings is 1. The lowest BCUT2D eigenvalue weighted by atomic mass is 10.1. The van der Waals surface area contributed by atoms with Gasteiger partial charge in [-0.05, 0) is 37.6 Å². The number of carbonyl (C=O) groups excluding carboxylic acids is 1. The van der Waals surface area contributed by atoms with Crippen molar-refractivity contribution in [2.75, 3.05) is 18.5 Å². The van der Waals surface area contributed by atoms with Gasteiger partial charge in [-0.25, -0.2) is 0 Å². The molecule has 1 aromatic heterocycles. The molecule has 7 heteroatoms. The van der Waals surface area contributed by atoms with Gasteiger partial charge in [0.15, 0.2) is 30.8 Å². The molecule has 218 valence electrons. The largest absolute Gasteiger partial charge is 0.488 e. The predicted molar refractivity (Wildman–Crippen MR) is 167 cm³/mol. The third-order valence-electron chi connectivity index (χ3n) is 6.83. The lowest BCUT2D eigenvalue weighted by Gasteiger charge is -2.14. The number of ether oxygens (including phenoxy) is 2. The lowest BCUT2D eigenvalue weighted by molar-refractivity contribution is -0.683. The minimum atomic E-state index is -0.233. The fourth-order valence-corrected chi connectivity index (χ4v) is 5.54. The first kappa shape index (κ1) is 32.0. The van der Waals surface area contributed by atoms with Gasteiger partial charge in [-0.15, -0.1) is 0 Å². The number of anilines is 1. The molecule has 3 aromatic rings. The number of nitrogens with zero attached hydrogens (tertiary/aromatic N) is 1. The van der Waals surface area contributed by atoms with Crippen molar-refractivity contribution in [2.45, 2.75) is 97.4 Å². The number of rotatable bonds is 20. The normalized spacial score (nSPS) is 11.0. The minimum absolute atomic E-state index is 0.127. The number of nitrogens with one attached hydrogen (secondary N) is 1. The average Bonchev–Trinajstić information content (AvgIpc) is 3.35. The van der Waals surface area contributed by atoms with Crippen molar-refractivity contribution >= 4 is 34.5 Å². The third-order valence-corrected chi connectivity index (χ3v) is 7.98. The summed E-state index contributed by atoms with van der Waals surface area (Å²) in [6.07, 6.45) is 17.7. The molecule has 0 radical (unpaired) electrons. The Labute approximate surface area is 249 Å². The summed E-state index contributed by atoms with van der Waals surface area (Å²) < 4.78 is 14.0. The van der Waals surface area contributed by atoms with Gasteiger partial charge in [0.1, 0.15) is 0 Å². The van der Waals surface area contributed by atoms with Crippen LogP contribution in [-0.2, 0) is 11.3 Å². The van der Waals surface area contributed by atoms with E-state index in [4.69, 9.17) is 21.1 Å². The van der Waals surface area contributed by atoms with Gasteiger partial charge in [0.2, 0.25) is 5.51 Å². The number of hydrogen-bond acceptors (Lipinski definition) is 4. The summed E-state index contributed by atoms with van der Waals surface area (Å²) in [6, 6.07) is 13.2. The molecule has 0 aliphatic carbocycles. The Kier molecular flexibility index (Phi) is 15.0. The van der Waals surface area contributed by atoms with Crippen molar-refractivity contribution in [3.63, 3.8) is 0 Å². The monoisotopic (exact) mass is 585 g/mol. The van der Waals surface area contributed by atoms with Crippen LogP contribution in [0.4, 0.5) is 5.69 Å². The van der Waals surface area contributed by atoms with Crippen LogP contribution in [-0.4, -0.2) is 19.1 Å². The molecule has 1 N–H and O–H groups in total. The van der Waals surface area contributed by atoms with Crippen LogP contribution in [0.1, 0.15) is 94.4 Å². The molecule has 0 fully saturated rings. The van der Waals surface area contributed by atoms with E-state index in [0.717, 1.165) is 30.6 Å².